The minimum atomic E-state index is -4.34. The number of alkyl halides is 3. The molecule has 0 saturated carbocycles. The van der Waals surface area contributed by atoms with E-state index in [2.05, 4.69) is 16.0 Å². The van der Waals surface area contributed by atoms with Gasteiger partial charge in [-0.15, -0.1) is 0 Å². The van der Waals surface area contributed by atoms with E-state index in [4.69, 9.17) is 5.84 Å². The Kier molecular flexibility index (Phi) is 4.33. The quantitative estimate of drug-likeness (QED) is 0.327. The third-order valence-electron chi connectivity index (χ3n) is 2.00. The van der Waals surface area contributed by atoms with Gasteiger partial charge in [-0.05, 0) is 12.1 Å². The van der Waals surface area contributed by atoms with Crippen LogP contribution >= 0.6 is 0 Å². The molecule has 0 fully saturated rings. The lowest BCUT2D eigenvalue weighted by Crippen LogP contribution is -2.38. The molecule has 0 aliphatic heterocycles. The molecule has 7 heteroatoms. The van der Waals surface area contributed by atoms with Gasteiger partial charge in [0.15, 0.2) is 5.84 Å². The second-order valence-corrected chi connectivity index (χ2v) is 3.21. The SMILES string of the molecule is CCNNC(=NN)c1ccc(C(F)(F)F)cc1. The van der Waals surface area contributed by atoms with E-state index >= 15 is 0 Å². The maximum Gasteiger partial charge on any atom is 0.416 e. The van der Waals surface area contributed by atoms with Gasteiger partial charge in [-0.3, -0.25) is 0 Å². The number of nitrogens with one attached hydrogen (secondary N) is 2. The molecule has 0 aliphatic rings. The lowest BCUT2D eigenvalue weighted by molar-refractivity contribution is -0.137. The summed E-state index contributed by atoms with van der Waals surface area (Å²) in [4.78, 5) is 0. The first kappa shape index (κ1) is 13.3. The van der Waals surface area contributed by atoms with Gasteiger partial charge in [0.25, 0.3) is 0 Å². The van der Waals surface area contributed by atoms with Crippen molar-refractivity contribution < 1.29 is 13.2 Å². The van der Waals surface area contributed by atoms with Gasteiger partial charge in [0, 0.05) is 12.1 Å². The number of hydrogen-bond donors (Lipinski definition) is 3. The molecule has 17 heavy (non-hydrogen) atoms. The molecular weight excluding hydrogens is 233 g/mol. The number of hydrazine groups is 1. The van der Waals surface area contributed by atoms with Crippen LogP contribution in [0, 0.1) is 0 Å². The van der Waals surface area contributed by atoms with Crippen molar-refractivity contribution in [3.8, 4) is 0 Å². The standard InChI is InChI=1S/C10H13F3N4/c1-2-15-17-9(16-14)7-3-5-8(6-4-7)10(11,12)13/h3-6,15H,2,14H2,1H3,(H,16,17). The average Bonchev–Trinajstić information content (AvgIpc) is 2.29. The molecule has 1 aromatic carbocycles. The van der Waals surface area contributed by atoms with E-state index in [1.165, 1.54) is 12.1 Å². The highest BCUT2D eigenvalue weighted by Crippen LogP contribution is 2.28. The molecule has 0 atom stereocenters. The zero-order valence-electron chi connectivity index (χ0n) is 9.17. The van der Waals surface area contributed by atoms with Crippen molar-refractivity contribution in [2.75, 3.05) is 6.54 Å². The van der Waals surface area contributed by atoms with Gasteiger partial charge in [-0.25, -0.2) is 5.43 Å². The normalized spacial score (nSPS) is 12.6. The maximum atomic E-state index is 12.3. The molecule has 0 amide bonds. The van der Waals surface area contributed by atoms with E-state index in [0.717, 1.165) is 12.1 Å². The summed E-state index contributed by atoms with van der Waals surface area (Å²) in [6.07, 6.45) is -4.34. The number of hydrazone groups is 1. The average molecular weight is 246 g/mol. The second kappa shape index (κ2) is 5.53. The van der Waals surface area contributed by atoms with E-state index in [1.807, 2.05) is 6.92 Å². The van der Waals surface area contributed by atoms with Crippen molar-refractivity contribution in [3.63, 3.8) is 0 Å². The summed E-state index contributed by atoms with van der Waals surface area (Å²) >= 11 is 0. The van der Waals surface area contributed by atoms with Gasteiger partial charge in [0.1, 0.15) is 0 Å². The summed E-state index contributed by atoms with van der Waals surface area (Å²) in [6.45, 7) is 2.48. The summed E-state index contributed by atoms with van der Waals surface area (Å²) in [7, 11) is 0. The molecule has 0 aromatic heterocycles. The van der Waals surface area contributed by atoms with Crippen LogP contribution in [0.2, 0.25) is 0 Å². The smallest absolute Gasteiger partial charge is 0.321 e. The fourth-order valence-corrected chi connectivity index (χ4v) is 1.17. The minimum Gasteiger partial charge on any atom is -0.321 e. The first-order valence-electron chi connectivity index (χ1n) is 4.93. The molecule has 94 valence electrons. The molecule has 4 N–H and O–H groups in total. The number of benzene rings is 1. The monoisotopic (exact) mass is 246 g/mol. The molecule has 0 radical (unpaired) electrons. The Morgan fingerprint density at radius 1 is 1.29 bits per heavy atom. The van der Waals surface area contributed by atoms with E-state index in [-0.39, 0.29) is 5.84 Å². The maximum absolute atomic E-state index is 12.3. The summed E-state index contributed by atoms with van der Waals surface area (Å²) < 4.78 is 37.0. The number of nitrogens with two attached hydrogens (primary N) is 1. The summed E-state index contributed by atoms with van der Waals surface area (Å²) in [5.41, 5.74) is 5.21. The Morgan fingerprint density at radius 2 is 1.88 bits per heavy atom. The van der Waals surface area contributed by atoms with Crippen molar-refractivity contribution in [2.45, 2.75) is 13.1 Å². The van der Waals surface area contributed by atoms with Crippen LogP contribution in [0.1, 0.15) is 18.1 Å². The van der Waals surface area contributed by atoms with E-state index in [0.29, 0.717) is 12.1 Å². The van der Waals surface area contributed by atoms with E-state index in [1.54, 1.807) is 0 Å². The van der Waals surface area contributed by atoms with Crippen LogP contribution in [-0.2, 0) is 6.18 Å². The first-order valence-corrected chi connectivity index (χ1v) is 4.93. The zero-order chi connectivity index (χ0) is 12.9. The molecule has 0 aliphatic carbocycles. The molecule has 0 heterocycles. The predicted molar refractivity (Wildman–Crippen MR) is 59.0 cm³/mol. The highest BCUT2D eigenvalue weighted by molar-refractivity contribution is 5.98. The molecule has 1 aromatic rings. The van der Waals surface area contributed by atoms with Crippen molar-refractivity contribution in [1.82, 2.24) is 10.9 Å². The van der Waals surface area contributed by atoms with Crippen LogP contribution in [0.3, 0.4) is 0 Å². The van der Waals surface area contributed by atoms with E-state index < -0.39 is 11.7 Å². The van der Waals surface area contributed by atoms with Crippen molar-refractivity contribution >= 4 is 5.84 Å². The topological polar surface area (TPSA) is 62.4 Å². The van der Waals surface area contributed by atoms with Crippen molar-refractivity contribution in [1.29, 1.82) is 0 Å². The van der Waals surface area contributed by atoms with Crippen LogP contribution in [-0.4, -0.2) is 12.4 Å². The number of halogens is 3. The number of rotatable bonds is 3. The number of amidine groups is 1. The lowest BCUT2D eigenvalue weighted by atomic mass is 10.1. The van der Waals surface area contributed by atoms with Gasteiger partial charge >= 0.3 is 6.18 Å². The number of hydrogen-bond acceptors (Lipinski definition) is 3. The summed E-state index contributed by atoms with van der Waals surface area (Å²) in [5.74, 6) is 5.41. The Labute approximate surface area is 96.7 Å². The zero-order valence-corrected chi connectivity index (χ0v) is 9.17. The van der Waals surface area contributed by atoms with Crippen LogP contribution in [0.25, 0.3) is 0 Å². The third-order valence-corrected chi connectivity index (χ3v) is 2.00. The van der Waals surface area contributed by atoms with Crippen LogP contribution in [0.5, 0.6) is 0 Å². The fraction of sp³-hybridized carbons (Fsp3) is 0.300. The summed E-state index contributed by atoms with van der Waals surface area (Å²) in [6, 6.07) is 4.57. The molecule has 0 bridgehead atoms. The minimum absolute atomic E-state index is 0.278. The van der Waals surface area contributed by atoms with Crippen molar-refractivity contribution in [2.24, 2.45) is 10.9 Å². The molecular formula is C10H13F3N4. The fourth-order valence-electron chi connectivity index (χ4n) is 1.17. The Hall–Kier alpha value is -1.76. The molecule has 0 unspecified atom stereocenters. The third kappa shape index (κ3) is 3.63. The van der Waals surface area contributed by atoms with Crippen LogP contribution < -0.4 is 16.7 Å². The first-order chi connectivity index (χ1) is 7.99. The van der Waals surface area contributed by atoms with Crippen LogP contribution in [0.4, 0.5) is 13.2 Å². The van der Waals surface area contributed by atoms with E-state index in [9.17, 15) is 13.2 Å². The lowest BCUT2D eigenvalue weighted by Gasteiger charge is -2.10. The second-order valence-electron chi connectivity index (χ2n) is 3.21. The highest BCUT2D eigenvalue weighted by atomic mass is 19.4. The molecule has 1 rings (SSSR count). The van der Waals surface area contributed by atoms with Crippen molar-refractivity contribution in [3.05, 3.63) is 35.4 Å². The molecule has 0 saturated heterocycles. The van der Waals surface area contributed by atoms with Gasteiger partial charge in [-0.2, -0.15) is 18.3 Å². The highest BCUT2D eigenvalue weighted by Gasteiger charge is 2.30. The van der Waals surface area contributed by atoms with Gasteiger partial charge < -0.3 is 11.3 Å². The Bertz CT molecular complexity index is 384. The van der Waals surface area contributed by atoms with Gasteiger partial charge in [0.05, 0.1) is 5.56 Å². The number of nitrogens with zero attached hydrogens (tertiary/aromatic N) is 1. The Balaban J connectivity index is 2.86. The molecule has 4 nitrogen and oxygen atoms in total. The Morgan fingerprint density at radius 3 is 2.29 bits per heavy atom. The van der Waals surface area contributed by atoms with Gasteiger partial charge in [-0.1, -0.05) is 19.1 Å². The predicted octanol–water partition coefficient (Wildman–Crippen LogP) is 1.44. The van der Waals surface area contributed by atoms with Gasteiger partial charge in [0.2, 0.25) is 0 Å². The molecule has 0 spiro atoms. The largest absolute Gasteiger partial charge is 0.416 e. The summed E-state index contributed by atoms with van der Waals surface area (Å²) in [5, 5.41) is 3.45. The van der Waals surface area contributed by atoms with Crippen LogP contribution in [0.15, 0.2) is 29.4 Å².